The summed E-state index contributed by atoms with van der Waals surface area (Å²) >= 11 is 11.7. The highest BCUT2D eigenvalue weighted by molar-refractivity contribution is 9.10. The van der Waals surface area contributed by atoms with Gasteiger partial charge in [0.15, 0.2) is 0 Å². The minimum absolute atomic E-state index is 0.754. The Morgan fingerprint density at radius 2 is 1.30 bits per heavy atom. The Bertz CT molecular complexity index is 1270. The SMILES string of the molecule is Clc1ccc(-c2c(-c3ccccc3)c3scc(Br)c3c3ccccc23)cc1. The van der Waals surface area contributed by atoms with E-state index in [0.717, 1.165) is 9.50 Å². The Kier molecular flexibility index (Phi) is 4.28. The quantitative estimate of drug-likeness (QED) is 0.252. The molecule has 0 aliphatic rings. The second-order valence-electron chi connectivity index (χ2n) is 6.46. The largest absolute Gasteiger partial charge is 0.142 e. The Morgan fingerprint density at radius 1 is 0.667 bits per heavy atom. The van der Waals surface area contributed by atoms with Crippen LogP contribution in [-0.2, 0) is 0 Å². The van der Waals surface area contributed by atoms with Crippen LogP contribution in [0.5, 0.6) is 0 Å². The summed E-state index contributed by atoms with van der Waals surface area (Å²) in [7, 11) is 0. The molecule has 0 aliphatic carbocycles. The van der Waals surface area contributed by atoms with Crippen molar-refractivity contribution in [1.82, 2.24) is 0 Å². The highest BCUT2D eigenvalue weighted by Crippen LogP contribution is 2.48. The van der Waals surface area contributed by atoms with Crippen molar-refractivity contribution in [1.29, 1.82) is 0 Å². The van der Waals surface area contributed by atoms with Crippen molar-refractivity contribution in [3.8, 4) is 22.3 Å². The van der Waals surface area contributed by atoms with Gasteiger partial charge in [0.1, 0.15) is 0 Å². The lowest BCUT2D eigenvalue weighted by Crippen LogP contribution is -1.89. The van der Waals surface area contributed by atoms with Crippen LogP contribution in [0.15, 0.2) is 88.7 Å². The van der Waals surface area contributed by atoms with Gasteiger partial charge >= 0.3 is 0 Å². The standard InChI is InChI=1S/C24H14BrClS/c25-20-14-27-24-22(15-6-2-1-3-7-15)21(16-10-12-17(26)13-11-16)18-8-4-5-9-19(18)23(20)24/h1-14H. The third-order valence-corrected chi connectivity index (χ3v) is 7.06. The summed E-state index contributed by atoms with van der Waals surface area (Å²) in [4.78, 5) is 0. The van der Waals surface area contributed by atoms with Gasteiger partial charge in [0.05, 0.1) is 0 Å². The average Bonchev–Trinajstić information content (AvgIpc) is 3.10. The normalized spacial score (nSPS) is 11.3. The summed E-state index contributed by atoms with van der Waals surface area (Å²) in [5.74, 6) is 0. The van der Waals surface area contributed by atoms with E-state index in [2.05, 4.69) is 88.0 Å². The van der Waals surface area contributed by atoms with Gasteiger partial charge in [-0.1, -0.05) is 78.3 Å². The van der Waals surface area contributed by atoms with E-state index in [-0.39, 0.29) is 0 Å². The molecule has 3 heteroatoms. The van der Waals surface area contributed by atoms with E-state index in [4.69, 9.17) is 11.6 Å². The topological polar surface area (TPSA) is 0 Å². The van der Waals surface area contributed by atoms with Crippen LogP contribution in [0.4, 0.5) is 0 Å². The first-order chi connectivity index (χ1) is 13.2. The minimum atomic E-state index is 0.754. The molecule has 5 rings (SSSR count). The van der Waals surface area contributed by atoms with Gasteiger partial charge in [0.2, 0.25) is 0 Å². The van der Waals surface area contributed by atoms with E-state index in [1.54, 1.807) is 11.3 Å². The van der Waals surface area contributed by atoms with E-state index < -0.39 is 0 Å². The number of hydrogen-bond donors (Lipinski definition) is 0. The fourth-order valence-electron chi connectivity index (χ4n) is 3.74. The molecule has 0 aliphatic heterocycles. The van der Waals surface area contributed by atoms with Gasteiger partial charge in [-0.2, -0.15) is 0 Å². The van der Waals surface area contributed by atoms with E-state index in [0.29, 0.717) is 0 Å². The maximum atomic E-state index is 6.17. The van der Waals surface area contributed by atoms with Gasteiger partial charge in [-0.3, -0.25) is 0 Å². The molecule has 0 N–H and O–H groups in total. The van der Waals surface area contributed by atoms with Gasteiger partial charge < -0.3 is 0 Å². The number of hydrogen-bond acceptors (Lipinski definition) is 1. The van der Waals surface area contributed by atoms with Crippen LogP contribution in [0.3, 0.4) is 0 Å². The maximum absolute atomic E-state index is 6.17. The van der Waals surface area contributed by atoms with Gasteiger partial charge in [-0.25, -0.2) is 0 Å². The second-order valence-corrected chi connectivity index (χ2v) is 8.63. The third-order valence-electron chi connectivity index (χ3n) is 4.88. The summed E-state index contributed by atoms with van der Waals surface area (Å²) in [6, 6.07) is 27.5. The van der Waals surface area contributed by atoms with Crippen molar-refractivity contribution in [2.24, 2.45) is 0 Å². The molecule has 1 aromatic heterocycles. The molecule has 0 saturated carbocycles. The van der Waals surface area contributed by atoms with Crippen LogP contribution >= 0.6 is 38.9 Å². The van der Waals surface area contributed by atoms with Gasteiger partial charge in [0, 0.05) is 30.5 Å². The molecule has 0 saturated heterocycles. The Morgan fingerprint density at radius 3 is 2.04 bits per heavy atom. The van der Waals surface area contributed by atoms with E-state index in [1.165, 1.54) is 43.1 Å². The number of benzene rings is 4. The molecule has 130 valence electrons. The molecule has 1 heterocycles. The van der Waals surface area contributed by atoms with E-state index in [1.807, 2.05) is 12.1 Å². The minimum Gasteiger partial charge on any atom is -0.142 e. The Hall–Kier alpha value is -2.13. The lowest BCUT2D eigenvalue weighted by atomic mass is 9.88. The average molecular weight is 450 g/mol. The summed E-state index contributed by atoms with van der Waals surface area (Å²) in [6.45, 7) is 0. The summed E-state index contributed by atoms with van der Waals surface area (Å²) in [5.41, 5.74) is 4.95. The predicted octanol–water partition coefficient (Wildman–Crippen LogP) is 8.80. The van der Waals surface area contributed by atoms with Crippen LogP contribution in [0.25, 0.3) is 43.1 Å². The predicted molar refractivity (Wildman–Crippen MR) is 123 cm³/mol. The summed E-state index contributed by atoms with van der Waals surface area (Å²) in [5, 5.41) is 6.75. The van der Waals surface area contributed by atoms with Gasteiger partial charge in [-0.15, -0.1) is 11.3 Å². The first-order valence-corrected chi connectivity index (χ1v) is 10.7. The Balaban J connectivity index is 2.03. The number of fused-ring (bicyclic) bond motifs is 3. The van der Waals surface area contributed by atoms with Crippen molar-refractivity contribution in [3.05, 3.63) is 93.7 Å². The van der Waals surface area contributed by atoms with Crippen LogP contribution in [0.2, 0.25) is 5.02 Å². The molecular formula is C24H14BrClS. The highest BCUT2D eigenvalue weighted by Gasteiger charge is 2.19. The zero-order valence-corrected chi connectivity index (χ0v) is 17.4. The molecule has 0 fully saturated rings. The first-order valence-electron chi connectivity index (χ1n) is 8.67. The maximum Gasteiger partial charge on any atom is 0.0445 e. The fraction of sp³-hybridized carbons (Fsp3) is 0. The second kappa shape index (κ2) is 6.79. The zero-order valence-electron chi connectivity index (χ0n) is 14.2. The molecule has 0 amide bonds. The van der Waals surface area contributed by atoms with Crippen molar-refractivity contribution >= 4 is 59.7 Å². The third kappa shape index (κ3) is 2.80. The molecule has 0 unspecified atom stereocenters. The Labute approximate surface area is 175 Å². The molecule has 4 aromatic carbocycles. The molecule has 5 aromatic rings. The number of thiophene rings is 1. The van der Waals surface area contributed by atoms with Crippen molar-refractivity contribution in [2.45, 2.75) is 0 Å². The van der Waals surface area contributed by atoms with Gasteiger partial charge in [-0.05, 0) is 55.5 Å². The first kappa shape index (κ1) is 17.0. The van der Waals surface area contributed by atoms with Gasteiger partial charge in [0.25, 0.3) is 0 Å². The molecule has 27 heavy (non-hydrogen) atoms. The van der Waals surface area contributed by atoms with Crippen LogP contribution in [0.1, 0.15) is 0 Å². The fourth-order valence-corrected chi connectivity index (χ4v) is 5.70. The molecule has 0 radical (unpaired) electrons. The van der Waals surface area contributed by atoms with E-state index in [9.17, 15) is 0 Å². The van der Waals surface area contributed by atoms with Crippen LogP contribution in [-0.4, -0.2) is 0 Å². The van der Waals surface area contributed by atoms with Crippen molar-refractivity contribution in [3.63, 3.8) is 0 Å². The molecule has 0 spiro atoms. The van der Waals surface area contributed by atoms with Crippen molar-refractivity contribution in [2.75, 3.05) is 0 Å². The van der Waals surface area contributed by atoms with Crippen LogP contribution in [0, 0.1) is 0 Å². The molecular weight excluding hydrogens is 436 g/mol. The monoisotopic (exact) mass is 448 g/mol. The molecule has 0 nitrogen and oxygen atoms in total. The lowest BCUT2D eigenvalue weighted by molar-refractivity contribution is 1.64. The summed E-state index contributed by atoms with van der Waals surface area (Å²) < 4.78 is 2.45. The van der Waals surface area contributed by atoms with Crippen LogP contribution < -0.4 is 0 Å². The van der Waals surface area contributed by atoms with E-state index >= 15 is 0 Å². The molecule has 0 atom stereocenters. The number of rotatable bonds is 2. The number of halogens is 2. The lowest BCUT2D eigenvalue weighted by Gasteiger charge is -2.16. The zero-order chi connectivity index (χ0) is 18.4. The molecule has 0 bridgehead atoms. The highest BCUT2D eigenvalue weighted by atomic mass is 79.9. The summed E-state index contributed by atoms with van der Waals surface area (Å²) in [6.07, 6.45) is 0. The smallest absolute Gasteiger partial charge is 0.0445 e. The van der Waals surface area contributed by atoms with Crippen molar-refractivity contribution < 1.29 is 0 Å².